The summed E-state index contributed by atoms with van der Waals surface area (Å²) in [5.74, 6) is -0.879. The molecule has 0 aromatic rings. The number of carbonyl (C=O) groups excluding carboxylic acids is 3. The second kappa shape index (κ2) is 50.5. The molecule has 6 nitrogen and oxygen atoms in total. The number of allylic oxidation sites excluding steroid dienone is 4. The molecule has 0 aliphatic heterocycles. The molecule has 1 unspecified atom stereocenters. The fraction of sp³-hybridized carbons (Fsp3) is 0.873. The zero-order valence-corrected chi connectivity index (χ0v) is 40.9. The standard InChI is InChI=1S/C55H102O6/c1-4-7-10-13-16-19-22-25-26-27-28-29-30-31-34-36-39-42-45-48-54(57)60-51-52(61-55(58)49-46-43-40-37-33-24-21-18-15-12-9-6-3)50-59-53(56)47-44-41-38-35-32-23-20-17-14-11-8-5-2/h17-18,20-21,52H,4-16,19,22-51H2,1-3H3/b20-17-,21-18-. The number of esters is 3. The third-order valence-corrected chi connectivity index (χ3v) is 11.9. The first-order chi connectivity index (χ1) is 30.0. The van der Waals surface area contributed by atoms with Crippen LogP contribution in [-0.2, 0) is 28.6 Å². The normalized spacial score (nSPS) is 12.1. The average Bonchev–Trinajstić information content (AvgIpc) is 3.26. The molecule has 0 amide bonds. The van der Waals surface area contributed by atoms with Crippen molar-refractivity contribution < 1.29 is 28.6 Å². The zero-order chi connectivity index (χ0) is 44.4. The van der Waals surface area contributed by atoms with Gasteiger partial charge in [-0.25, -0.2) is 0 Å². The minimum Gasteiger partial charge on any atom is -0.462 e. The molecule has 1 atom stereocenters. The molecule has 0 saturated carbocycles. The molecule has 0 heterocycles. The van der Waals surface area contributed by atoms with Crippen LogP contribution < -0.4 is 0 Å². The SMILES string of the molecule is CCCCC/C=C\CCCCCCCC(=O)OCC(COC(=O)CCCCCCCCCCCCCCCCCCCCC)OC(=O)CCCCCCC/C=C\CCCCC. The number of unbranched alkanes of at least 4 members (excludes halogenated alkanes) is 34. The molecule has 0 N–H and O–H groups in total. The van der Waals surface area contributed by atoms with Gasteiger partial charge in [-0.3, -0.25) is 14.4 Å². The zero-order valence-electron chi connectivity index (χ0n) is 40.9. The van der Waals surface area contributed by atoms with Crippen LogP contribution in [0.25, 0.3) is 0 Å². The summed E-state index contributed by atoms with van der Waals surface area (Å²) in [6, 6.07) is 0. The third kappa shape index (κ3) is 48.8. The van der Waals surface area contributed by atoms with E-state index in [1.165, 1.54) is 180 Å². The Kier molecular flexibility index (Phi) is 48.8. The van der Waals surface area contributed by atoms with Crippen LogP contribution in [0.4, 0.5) is 0 Å². The van der Waals surface area contributed by atoms with Crippen molar-refractivity contribution in [2.45, 2.75) is 297 Å². The van der Waals surface area contributed by atoms with Gasteiger partial charge >= 0.3 is 17.9 Å². The molecule has 0 rings (SSSR count). The van der Waals surface area contributed by atoms with Crippen LogP contribution in [0.3, 0.4) is 0 Å². The second-order valence-electron chi connectivity index (χ2n) is 18.1. The van der Waals surface area contributed by atoms with E-state index in [4.69, 9.17) is 14.2 Å². The van der Waals surface area contributed by atoms with Gasteiger partial charge in [-0.2, -0.15) is 0 Å². The lowest BCUT2D eigenvalue weighted by Gasteiger charge is -2.18. The Bertz CT molecular complexity index is 989. The molecular formula is C55H102O6. The third-order valence-electron chi connectivity index (χ3n) is 11.9. The van der Waals surface area contributed by atoms with Crippen molar-refractivity contribution in [2.24, 2.45) is 0 Å². The lowest BCUT2D eigenvalue weighted by atomic mass is 10.0. The predicted octanol–water partition coefficient (Wildman–Crippen LogP) is 17.5. The molecule has 0 spiro atoms. The number of rotatable bonds is 49. The summed E-state index contributed by atoms with van der Waals surface area (Å²) < 4.78 is 16.8. The van der Waals surface area contributed by atoms with E-state index in [0.29, 0.717) is 19.3 Å². The lowest BCUT2D eigenvalue weighted by molar-refractivity contribution is -0.167. The summed E-state index contributed by atoms with van der Waals surface area (Å²) in [4.78, 5) is 37.9. The summed E-state index contributed by atoms with van der Waals surface area (Å²) in [6.07, 6.45) is 57.4. The molecular weight excluding hydrogens is 757 g/mol. The summed E-state index contributed by atoms with van der Waals surface area (Å²) >= 11 is 0. The highest BCUT2D eigenvalue weighted by Crippen LogP contribution is 2.16. The molecule has 0 aromatic heterocycles. The fourth-order valence-corrected chi connectivity index (χ4v) is 7.84. The van der Waals surface area contributed by atoms with E-state index in [1.54, 1.807) is 0 Å². The van der Waals surface area contributed by atoms with Gasteiger partial charge in [0, 0.05) is 19.3 Å². The first-order valence-electron chi connectivity index (χ1n) is 26.8. The smallest absolute Gasteiger partial charge is 0.306 e. The molecule has 0 saturated heterocycles. The minimum atomic E-state index is -0.773. The van der Waals surface area contributed by atoms with E-state index in [0.717, 1.165) is 70.6 Å². The Morgan fingerprint density at radius 2 is 0.541 bits per heavy atom. The lowest BCUT2D eigenvalue weighted by Crippen LogP contribution is -2.30. The van der Waals surface area contributed by atoms with Gasteiger partial charge in [-0.1, -0.05) is 225 Å². The van der Waals surface area contributed by atoms with Gasteiger partial charge in [-0.05, 0) is 70.6 Å². The Balaban J connectivity index is 4.28. The number of carbonyl (C=O) groups is 3. The monoisotopic (exact) mass is 859 g/mol. The summed E-state index contributed by atoms with van der Waals surface area (Å²) in [5, 5.41) is 0. The van der Waals surface area contributed by atoms with Crippen LogP contribution >= 0.6 is 0 Å². The highest BCUT2D eigenvalue weighted by Gasteiger charge is 2.19. The summed E-state index contributed by atoms with van der Waals surface area (Å²) in [6.45, 7) is 6.61. The van der Waals surface area contributed by atoms with Gasteiger partial charge in [0.2, 0.25) is 0 Å². The predicted molar refractivity (Wildman–Crippen MR) is 261 cm³/mol. The second-order valence-corrected chi connectivity index (χ2v) is 18.1. The Morgan fingerprint density at radius 3 is 0.852 bits per heavy atom. The molecule has 61 heavy (non-hydrogen) atoms. The van der Waals surface area contributed by atoms with Crippen molar-refractivity contribution in [3.63, 3.8) is 0 Å². The van der Waals surface area contributed by atoms with E-state index in [9.17, 15) is 14.4 Å². The van der Waals surface area contributed by atoms with Crippen LogP contribution in [0.2, 0.25) is 0 Å². The van der Waals surface area contributed by atoms with E-state index >= 15 is 0 Å². The van der Waals surface area contributed by atoms with Gasteiger partial charge in [0.05, 0.1) is 0 Å². The largest absolute Gasteiger partial charge is 0.462 e. The van der Waals surface area contributed by atoms with Crippen molar-refractivity contribution in [2.75, 3.05) is 13.2 Å². The summed E-state index contributed by atoms with van der Waals surface area (Å²) in [5.41, 5.74) is 0. The Hall–Kier alpha value is -2.11. The van der Waals surface area contributed by atoms with Crippen molar-refractivity contribution in [3.8, 4) is 0 Å². The molecule has 0 aliphatic rings. The minimum absolute atomic E-state index is 0.0734. The highest BCUT2D eigenvalue weighted by atomic mass is 16.6. The highest BCUT2D eigenvalue weighted by molar-refractivity contribution is 5.71. The van der Waals surface area contributed by atoms with Gasteiger partial charge in [0.1, 0.15) is 13.2 Å². The van der Waals surface area contributed by atoms with Gasteiger partial charge < -0.3 is 14.2 Å². The number of hydrogen-bond donors (Lipinski definition) is 0. The Labute approximate surface area is 379 Å². The molecule has 358 valence electrons. The average molecular weight is 859 g/mol. The molecule has 0 aliphatic carbocycles. The van der Waals surface area contributed by atoms with Crippen LogP contribution in [0.15, 0.2) is 24.3 Å². The van der Waals surface area contributed by atoms with E-state index in [-0.39, 0.29) is 31.1 Å². The van der Waals surface area contributed by atoms with Crippen molar-refractivity contribution >= 4 is 17.9 Å². The van der Waals surface area contributed by atoms with Crippen molar-refractivity contribution in [1.29, 1.82) is 0 Å². The van der Waals surface area contributed by atoms with E-state index in [2.05, 4.69) is 45.1 Å². The fourth-order valence-electron chi connectivity index (χ4n) is 7.84. The molecule has 0 aromatic carbocycles. The maximum atomic E-state index is 12.8. The maximum absolute atomic E-state index is 12.8. The van der Waals surface area contributed by atoms with Crippen LogP contribution in [0, 0.1) is 0 Å². The van der Waals surface area contributed by atoms with E-state index in [1.807, 2.05) is 0 Å². The molecule has 6 heteroatoms. The van der Waals surface area contributed by atoms with Crippen LogP contribution in [0.5, 0.6) is 0 Å². The molecule has 0 bridgehead atoms. The number of ether oxygens (including phenoxy) is 3. The summed E-state index contributed by atoms with van der Waals surface area (Å²) in [7, 11) is 0. The van der Waals surface area contributed by atoms with E-state index < -0.39 is 6.10 Å². The van der Waals surface area contributed by atoms with Crippen molar-refractivity contribution in [1.82, 2.24) is 0 Å². The van der Waals surface area contributed by atoms with Crippen molar-refractivity contribution in [3.05, 3.63) is 24.3 Å². The first kappa shape index (κ1) is 58.9. The van der Waals surface area contributed by atoms with Gasteiger partial charge in [0.25, 0.3) is 0 Å². The van der Waals surface area contributed by atoms with Crippen LogP contribution in [-0.4, -0.2) is 37.2 Å². The van der Waals surface area contributed by atoms with Crippen LogP contribution in [0.1, 0.15) is 290 Å². The quantitative estimate of drug-likeness (QED) is 0.0262. The molecule has 0 fully saturated rings. The first-order valence-corrected chi connectivity index (χ1v) is 26.8. The molecule has 0 radical (unpaired) electrons. The topological polar surface area (TPSA) is 78.9 Å². The van der Waals surface area contributed by atoms with Gasteiger partial charge in [-0.15, -0.1) is 0 Å². The number of hydrogen-bond acceptors (Lipinski definition) is 6. The maximum Gasteiger partial charge on any atom is 0.306 e. The Morgan fingerprint density at radius 1 is 0.311 bits per heavy atom. The van der Waals surface area contributed by atoms with Gasteiger partial charge in [0.15, 0.2) is 6.10 Å².